The smallest absolute Gasteiger partial charge is 0.161 e. The standard InChI is InChI=1S/C42H25NOS/c1-2-13-30(14-3-1)43-36-18-7-6-16-33(36)41-40(43)34-22-21-28(25-37(34)44-41)27-11-8-12-29(24-27)31-17-9-19-38-39(31)35-23-20-26-10-4-5-15-32(26)42(35)45-38/h1-25H. The summed E-state index contributed by atoms with van der Waals surface area (Å²) in [5, 5.41) is 7.51. The first-order valence-electron chi connectivity index (χ1n) is 15.3. The van der Waals surface area contributed by atoms with Gasteiger partial charge in [-0.15, -0.1) is 11.3 Å². The quantitative estimate of drug-likeness (QED) is 0.200. The first-order valence-corrected chi connectivity index (χ1v) is 16.1. The number of aromatic nitrogens is 1. The second kappa shape index (κ2) is 9.43. The van der Waals surface area contributed by atoms with Crippen molar-refractivity contribution in [3.05, 3.63) is 152 Å². The van der Waals surface area contributed by atoms with E-state index in [4.69, 9.17) is 4.42 Å². The Morgan fingerprint density at radius 3 is 2.20 bits per heavy atom. The van der Waals surface area contributed by atoms with Gasteiger partial charge in [-0.1, -0.05) is 103 Å². The Kier molecular flexibility index (Phi) is 5.19. The van der Waals surface area contributed by atoms with E-state index in [0.717, 1.165) is 44.2 Å². The zero-order valence-electron chi connectivity index (χ0n) is 24.2. The molecule has 0 bridgehead atoms. The van der Waals surface area contributed by atoms with Crippen molar-refractivity contribution in [2.24, 2.45) is 0 Å². The largest absolute Gasteiger partial charge is 0.454 e. The first kappa shape index (κ1) is 24.8. The summed E-state index contributed by atoms with van der Waals surface area (Å²) in [5.41, 5.74) is 10.0. The van der Waals surface area contributed by atoms with Gasteiger partial charge in [0.1, 0.15) is 11.1 Å². The number of thiophene rings is 1. The summed E-state index contributed by atoms with van der Waals surface area (Å²) in [6.07, 6.45) is 0. The van der Waals surface area contributed by atoms with Gasteiger partial charge in [-0.25, -0.2) is 0 Å². The molecule has 3 heterocycles. The van der Waals surface area contributed by atoms with Crippen molar-refractivity contribution in [1.29, 1.82) is 0 Å². The molecule has 10 aromatic rings. The minimum absolute atomic E-state index is 0.899. The van der Waals surface area contributed by atoms with Gasteiger partial charge in [-0.2, -0.15) is 0 Å². The van der Waals surface area contributed by atoms with E-state index in [9.17, 15) is 0 Å². The Labute approximate surface area is 263 Å². The topological polar surface area (TPSA) is 18.1 Å². The lowest BCUT2D eigenvalue weighted by atomic mass is 9.95. The molecule has 10 rings (SSSR count). The Bertz CT molecular complexity index is 2760. The normalized spacial score (nSPS) is 12.0. The fraction of sp³-hybridized carbons (Fsp3) is 0. The first-order chi connectivity index (χ1) is 22.3. The van der Waals surface area contributed by atoms with Crippen LogP contribution in [0.2, 0.25) is 0 Å². The van der Waals surface area contributed by atoms with Crippen LogP contribution >= 0.6 is 11.3 Å². The molecule has 2 nitrogen and oxygen atoms in total. The fourth-order valence-corrected chi connectivity index (χ4v) is 8.42. The molecule has 0 aliphatic rings. The second-order valence-electron chi connectivity index (χ2n) is 11.7. The molecule has 0 amide bonds. The van der Waals surface area contributed by atoms with Crippen molar-refractivity contribution in [1.82, 2.24) is 4.57 Å². The molecule has 0 aliphatic heterocycles. The Hall–Kier alpha value is -5.64. The van der Waals surface area contributed by atoms with E-state index in [-0.39, 0.29) is 0 Å². The third-order valence-electron chi connectivity index (χ3n) is 9.19. The molecule has 0 unspecified atom stereocenters. The summed E-state index contributed by atoms with van der Waals surface area (Å²) in [6, 6.07) is 54.6. The zero-order chi connectivity index (χ0) is 29.5. The number of para-hydroxylation sites is 2. The summed E-state index contributed by atoms with van der Waals surface area (Å²) in [6.45, 7) is 0. The summed E-state index contributed by atoms with van der Waals surface area (Å²) in [4.78, 5) is 0. The molecule has 0 fully saturated rings. The molecule has 7 aromatic carbocycles. The van der Waals surface area contributed by atoms with E-state index >= 15 is 0 Å². The minimum atomic E-state index is 0.899. The number of rotatable bonds is 3. The van der Waals surface area contributed by atoms with Crippen LogP contribution in [0.15, 0.2) is 156 Å². The van der Waals surface area contributed by atoms with Crippen LogP contribution in [0.25, 0.3) is 91.9 Å². The highest BCUT2D eigenvalue weighted by Crippen LogP contribution is 2.44. The second-order valence-corrected chi connectivity index (χ2v) is 12.8. The van der Waals surface area contributed by atoms with Crippen LogP contribution in [0.3, 0.4) is 0 Å². The van der Waals surface area contributed by atoms with E-state index in [1.807, 2.05) is 11.3 Å². The Morgan fingerprint density at radius 1 is 0.511 bits per heavy atom. The molecule has 0 aliphatic carbocycles. The number of fused-ring (bicyclic) bond motifs is 10. The fourth-order valence-electron chi connectivity index (χ4n) is 7.15. The number of benzene rings is 7. The van der Waals surface area contributed by atoms with Crippen LogP contribution in [-0.2, 0) is 0 Å². The third-order valence-corrected chi connectivity index (χ3v) is 10.4. The maximum Gasteiger partial charge on any atom is 0.161 e. The molecule has 3 heteroatoms. The maximum absolute atomic E-state index is 6.66. The van der Waals surface area contributed by atoms with Gasteiger partial charge in [0.25, 0.3) is 0 Å². The number of furan rings is 1. The van der Waals surface area contributed by atoms with Crippen LogP contribution in [0.5, 0.6) is 0 Å². The van der Waals surface area contributed by atoms with Gasteiger partial charge in [0.2, 0.25) is 0 Å². The van der Waals surface area contributed by atoms with Gasteiger partial charge in [0.05, 0.1) is 5.52 Å². The SMILES string of the molecule is c1ccc(-n2c3ccccc3c3oc4cc(-c5cccc(-c6cccc7sc8c9ccccc9ccc8c67)c5)ccc4c32)cc1. The molecular weight excluding hydrogens is 567 g/mol. The molecular formula is C42H25NOS. The van der Waals surface area contributed by atoms with Crippen molar-refractivity contribution in [2.75, 3.05) is 0 Å². The molecule has 45 heavy (non-hydrogen) atoms. The summed E-state index contributed by atoms with van der Waals surface area (Å²) >= 11 is 1.89. The van der Waals surface area contributed by atoms with E-state index in [1.54, 1.807) is 0 Å². The predicted molar refractivity (Wildman–Crippen MR) is 192 cm³/mol. The number of hydrogen-bond donors (Lipinski definition) is 0. The lowest BCUT2D eigenvalue weighted by molar-refractivity contribution is 0.673. The Balaban J connectivity index is 1.14. The lowest BCUT2D eigenvalue weighted by Crippen LogP contribution is -1.92. The monoisotopic (exact) mass is 591 g/mol. The van der Waals surface area contributed by atoms with Gasteiger partial charge in [0, 0.05) is 36.6 Å². The highest BCUT2D eigenvalue weighted by molar-refractivity contribution is 7.26. The summed E-state index contributed by atoms with van der Waals surface area (Å²) in [7, 11) is 0. The molecule has 0 saturated heterocycles. The maximum atomic E-state index is 6.66. The molecule has 3 aromatic heterocycles. The van der Waals surface area contributed by atoms with E-state index in [0.29, 0.717) is 0 Å². The van der Waals surface area contributed by atoms with Gasteiger partial charge in [-0.3, -0.25) is 0 Å². The van der Waals surface area contributed by atoms with Crippen LogP contribution in [0, 0.1) is 0 Å². The number of nitrogens with zero attached hydrogens (tertiary/aromatic N) is 1. The molecule has 0 atom stereocenters. The zero-order valence-corrected chi connectivity index (χ0v) is 25.0. The van der Waals surface area contributed by atoms with Crippen LogP contribution in [-0.4, -0.2) is 4.57 Å². The van der Waals surface area contributed by atoms with Crippen molar-refractivity contribution in [3.63, 3.8) is 0 Å². The van der Waals surface area contributed by atoms with Gasteiger partial charge in [-0.05, 0) is 81.6 Å². The molecule has 0 N–H and O–H groups in total. The minimum Gasteiger partial charge on any atom is -0.454 e. The van der Waals surface area contributed by atoms with E-state index < -0.39 is 0 Å². The van der Waals surface area contributed by atoms with Crippen LogP contribution in [0.4, 0.5) is 0 Å². The van der Waals surface area contributed by atoms with Crippen molar-refractivity contribution >= 4 is 75.3 Å². The van der Waals surface area contributed by atoms with Gasteiger partial charge < -0.3 is 8.98 Å². The molecule has 0 radical (unpaired) electrons. The van der Waals surface area contributed by atoms with E-state index in [1.165, 1.54) is 47.6 Å². The molecule has 210 valence electrons. The van der Waals surface area contributed by atoms with Crippen LogP contribution in [0.1, 0.15) is 0 Å². The third kappa shape index (κ3) is 3.62. The molecule has 0 saturated carbocycles. The van der Waals surface area contributed by atoms with E-state index in [2.05, 4.69) is 156 Å². The molecule has 0 spiro atoms. The number of hydrogen-bond acceptors (Lipinski definition) is 2. The summed E-state index contributed by atoms with van der Waals surface area (Å²) in [5.74, 6) is 0. The highest BCUT2D eigenvalue weighted by Gasteiger charge is 2.20. The van der Waals surface area contributed by atoms with Crippen LogP contribution < -0.4 is 0 Å². The average molecular weight is 592 g/mol. The average Bonchev–Trinajstić information content (AvgIpc) is 3.77. The van der Waals surface area contributed by atoms with Crippen molar-refractivity contribution < 1.29 is 4.42 Å². The predicted octanol–water partition coefficient (Wildman–Crippen LogP) is 12.4. The lowest BCUT2D eigenvalue weighted by Gasteiger charge is -2.09. The highest BCUT2D eigenvalue weighted by atomic mass is 32.1. The van der Waals surface area contributed by atoms with Crippen molar-refractivity contribution in [2.45, 2.75) is 0 Å². The van der Waals surface area contributed by atoms with Gasteiger partial charge >= 0.3 is 0 Å². The summed E-state index contributed by atoms with van der Waals surface area (Å²) < 4.78 is 11.7. The Morgan fingerprint density at radius 2 is 1.27 bits per heavy atom. The van der Waals surface area contributed by atoms with Crippen molar-refractivity contribution in [3.8, 4) is 27.9 Å². The van der Waals surface area contributed by atoms with Gasteiger partial charge in [0.15, 0.2) is 5.58 Å².